The third-order valence-corrected chi connectivity index (χ3v) is 3.59. The molecule has 2 rings (SSSR count). The molecule has 1 heterocycles. The van der Waals surface area contributed by atoms with E-state index in [4.69, 9.17) is 16.3 Å². The summed E-state index contributed by atoms with van der Waals surface area (Å²) in [6.45, 7) is 2.76. The van der Waals surface area contributed by atoms with Crippen molar-refractivity contribution in [2.75, 3.05) is 6.61 Å². The normalized spacial score (nSPS) is 10.0. The van der Waals surface area contributed by atoms with Crippen LogP contribution >= 0.6 is 11.6 Å². The maximum atomic E-state index is 12.8. The van der Waals surface area contributed by atoms with Crippen molar-refractivity contribution in [2.45, 2.75) is 26.8 Å². The first-order valence-electron chi connectivity index (χ1n) is 7.16. The Kier molecular flexibility index (Phi) is 8.78. The molecule has 1 aromatic heterocycles. The molecule has 1 radical (unpaired) electrons. The summed E-state index contributed by atoms with van der Waals surface area (Å²) < 4.78 is 32.0. The molecule has 0 spiro atoms. The molecule has 1 aromatic carbocycles. The van der Waals surface area contributed by atoms with Crippen LogP contribution in [0.2, 0.25) is 5.02 Å². The number of benzene rings is 1. The zero-order chi connectivity index (χ0) is 17.7. The minimum absolute atomic E-state index is 0. The second-order valence-electron chi connectivity index (χ2n) is 4.98. The third kappa shape index (κ3) is 5.64. The molecular weight excluding hydrogens is 425 g/mol. The van der Waals surface area contributed by atoms with Crippen LogP contribution in [0.5, 0.6) is 5.75 Å². The molecule has 2 aromatic rings. The standard InChI is InChI=1S/C18H15ClF2NO2.Y/c1-3-4-9-24-13-6-7-14(15(19)10-13)16-8-5-12(2)18(23)22(16)11-17(20)21;/h5-7,10,17H,9,11H2,1-2H3;/q-1;. The Labute approximate surface area is 175 Å². The van der Waals surface area contributed by atoms with Gasteiger partial charge in [-0.05, 0) is 24.1 Å². The van der Waals surface area contributed by atoms with Gasteiger partial charge in [0.1, 0.15) is 12.4 Å². The smallest absolute Gasteiger partial charge is 0.256 e. The number of nitrogens with zero attached hydrogens (tertiary/aromatic N) is 1. The second kappa shape index (κ2) is 10.1. The average molecular weight is 440 g/mol. The molecule has 0 aliphatic rings. The van der Waals surface area contributed by atoms with Crippen LogP contribution in [-0.4, -0.2) is 17.6 Å². The van der Waals surface area contributed by atoms with Crippen LogP contribution in [0, 0.1) is 24.8 Å². The largest absolute Gasteiger partial charge is 0.481 e. The second-order valence-corrected chi connectivity index (χ2v) is 5.39. The fourth-order valence-electron chi connectivity index (χ4n) is 2.14. The summed E-state index contributed by atoms with van der Waals surface area (Å²) in [6, 6.07) is 9.14. The predicted octanol–water partition coefficient (Wildman–Crippen LogP) is 3.94. The van der Waals surface area contributed by atoms with E-state index in [-0.39, 0.29) is 50.0 Å². The van der Waals surface area contributed by atoms with Crippen molar-refractivity contribution < 1.29 is 46.2 Å². The van der Waals surface area contributed by atoms with Gasteiger partial charge in [0.25, 0.3) is 6.43 Å². The third-order valence-electron chi connectivity index (χ3n) is 3.28. The number of aryl methyl sites for hydroxylation is 1. The molecule has 0 amide bonds. The van der Waals surface area contributed by atoms with Gasteiger partial charge in [-0.2, -0.15) is 12.1 Å². The van der Waals surface area contributed by atoms with Crippen LogP contribution in [0.15, 0.2) is 29.1 Å². The Balaban J connectivity index is 0.00000312. The number of ether oxygens (including phenoxy) is 1. The molecule has 0 saturated carbocycles. The van der Waals surface area contributed by atoms with Crippen LogP contribution < -0.4 is 10.3 Å². The first-order chi connectivity index (χ1) is 11.4. The predicted molar refractivity (Wildman–Crippen MR) is 89.7 cm³/mol. The zero-order valence-corrected chi connectivity index (χ0v) is 17.4. The van der Waals surface area contributed by atoms with Crippen molar-refractivity contribution in [2.24, 2.45) is 0 Å². The fraction of sp³-hybridized carbons (Fsp3) is 0.278. The van der Waals surface area contributed by atoms with E-state index in [2.05, 4.69) is 17.9 Å². The first kappa shape index (κ1) is 21.8. The summed E-state index contributed by atoms with van der Waals surface area (Å²) in [5, 5.41) is 0.277. The molecule has 25 heavy (non-hydrogen) atoms. The molecule has 3 nitrogen and oxygen atoms in total. The van der Waals surface area contributed by atoms with E-state index >= 15 is 0 Å². The Bertz CT molecular complexity index is 856. The fourth-order valence-corrected chi connectivity index (χ4v) is 2.40. The molecule has 0 saturated heterocycles. The molecular formula is C18H15ClF2NO2Y-. The number of aromatic nitrogens is 1. The number of hydrogen-bond donors (Lipinski definition) is 0. The van der Waals surface area contributed by atoms with E-state index in [1.165, 1.54) is 6.07 Å². The number of hydrogen-bond acceptors (Lipinski definition) is 2. The van der Waals surface area contributed by atoms with Crippen LogP contribution in [0.1, 0.15) is 12.5 Å². The molecule has 7 heteroatoms. The van der Waals surface area contributed by atoms with Gasteiger partial charge >= 0.3 is 0 Å². The maximum absolute atomic E-state index is 12.8. The van der Waals surface area contributed by atoms with Crippen molar-refractivity contribution in [3.63, 3.8) is 0 Å². The van der Waals surface area contributed by atoms with Gasteiger partial charge in [-0.3, -0.25) is 4.79 Å². The van der Waals surface area contributed by atoms with Gasteiger partial charge in [-0.1, -0.05) is 41.3 Å². The van der Waals surface area contributed by atoms with Crippen LogP contribution in [0.4, 0.5) is 8.78 Å². The van der Waals surface area contributed by atoms with Gasteiger partial charge < -0.3 is 9.30 Å². The topological polar surface area (TPSA) is 31.2 Å². The van der Waals surface area contributed by atoms with Gasteiger partial charge in [0.05, 0.1) is 6.54 Å². The van der Waals surface area contributed by atoms with Crippen LogP contribution in [0.3, 0.4) is 0 Å². The first-order valence-corrected chi connectivity index (χ1v) is 7.54. The Morgan fingerprint density at radius 3 is 2.72 bits per heavy atom. The minimum atomic E-state index is -2.66. The van der Waals surface area contributed by atoms with Crippen molar-refractivity contribution in [1.29, 1.82) is 0 Å². The molecule has 129 valence electrons. The monoisotopic (exact) mass is 439 g/mol. The summed E-state index contributed by atoms with van der Waals surface area (Å²) in [5.41, 5.74) is 0.506. The SMILES string of the molecule is CC#CCOc1ccc(-c2[c-]cc(C)c(=O)n2CC(F)F)c(Cl)c1.[Y]. The summed E-state index contributed by atoms with van der Waals surface area (Å²) in [5.74, 6) is 5.96. The Hall–Kier alpha value is -1.22. The van der Waals surface area contributed by atoms with Gasteiger partial charge in [0, 0.05) is 32.7 Å². The quantitative estimate of drug-likeness (QED) is 0.522. The number of halogens is 3. The average Bonchev–Trinajstić information content (AvgIpc) is 2.53. The molecule has 0 bridgehead atoms. The van der Waals surface area contributed by atoms with E-state index < -0.39 is 18.5 Å². The van der Waals surface area contributed by atoms with E-state index in [9.17, 15) is 13.6 Å². The number of rotatable bonds is 5. The van der Waals surface area contributed by atoms with Gasteiger partial charge in [-0.25, -0.2) is 8.78 Å². The molecule has 0 N–H and O–H groups in total. The molecule has 0 aliphatic heterocycles. The minimum Gasteiger partial charge on any atom is -0.481 e. The molecule has 0 unspecified atom stereocenters. The van der Waals surface area contributed by atoms with Crippen LogP contribution in [0.25, 0.3) is 11.3 Å². The number of alkyl halides is 2. The zero-order valence-electron chi connectivity index (χ0n) is 13.8. The van der Waals surface area contributed by atoms with Crippen molar-refractivity contribution in [3.05, 3.63) is 51.3 Å². The summed E-state index contributed by atoms with van der Waals surface area (Å²) in [6.07, 6.45) is -2.66. The van der Waals surface area contributed by atoms with E-state index in [0.717, 1.165) is 4.57 Å². The van der Waals surface area contributed by atoms with Crippen molar-refractivity contribution in [3.8, 4) is 28.8 Å². The van der Waals surface area contributed by atoms with Crippen molar-refractivity contribution in [1.82, 2.24) is 4.57 Å². The molecule has 0 atom stereocenters. The van der Waals surface area contributed by atoms with Crippen LogP contribution in [-0.2, 0) is 39.3 Å². The summed E-state index contributed by atoms with van der Waals surface area (Å²) in [4.78, 5) is 12.2. The summed E-state index contributed by atoms with van der Waals surface area (Å²) >= 11 is 6.24. The van der Waals surface area contributed by atoms with E-state index in [0.29, 0.717) is 16.9 Å². The van der Waals surface area contributed by atoms with E-state index in [1.807, 2.05) is 0 Å². The van der Waals surface area contributed by atoms with Gasteiger partial charge in [-0.15, -0.1) is 12.0 Å². The van der Waals surface area contributed by atoms with Gasteiger partial charge in [0.2, 0.25) is 0 Å². The molecule has 0 fully saturated rings. The van der Waals surface area contributed by atoms with Crippen molar-refractivity contribution >= 4 is 11.6 Å². The number of pyridine rings is 1. The Morgan fingerprint density at radius 1 is 1.40 bits per heavy atom. The van der Waals surface area contributed by atoms with E-state index in [1.54, 1.807) is 32.0 Å². The maximum Gasteiger partial charge on any atom is 0.256 e. The Morgan fingerprint density at radius 2 is 2.12 bits per heavy atom. The molecule has 0 aliphatic carbocycles. The summed E-state index contributed by atoms with van der Waals surface area (Å²) in [7, 11) is 0. The van der Waals surface area contributed by atoms with Gasteiger partial charge in [0.15, 0.2) is 5.56 Å².